The summed E-state index contributed by atoms with van der Waals surface area (Å²) in [6.07, 6.45) is 0. The van der Waals surface area contributed by atoms with Crippen LogP contribution in [0.3, 0.4) is 0 Å². The van der Waals surface area contributed by atoms with E-state index in [1.165, 1.54) is 4.39 Å². The molecule has 0 atom stereocenters. The highest BCUT2D eigenvalue weighted by molar-refractivity contribution is 6.91. The molecule has 0 aromatic rings. The molecule has 0 aliphatic heterocycles. The molecule has 0 spiro atoms. The Kier molecular flexibility index (Phi) is 3.59. The van der Waals surface area contributed by atoms with Crippen LogP contribution < -0.4 is 0 Å². The van der Waals surface area contributed by atoms with Crippen LogP contribution in [-0.2, 0) is 0 Å². The molecule has 0 heterocycles. The molecule has 0 amide bonds. The minimum atomic E-state index is -1.80. The van der Waals surface area contributed by atoms with E-state index in [2.05, 4.69) is 53.5 Å². The fourth-order valence-electron chi connectivity index (χ4n) is 1.14. The second kappa shape index (κ2) is 3.49. The van der Waals surface area contributed by atoms with Gasteiger partial charge in [-0.1, -0.05) is 53.5 Å². The third-order valence-corrected chi connectivity index (χ3v) is 12.5. The number of rotatable bonds is 2. The summed E-state index contributed by atoms with van der Waals surface area (Å²) in [7, 11) is -3.47. The molecular formula is C9H24NOSi2-. The summed E-state index contributed by atoms with van der Waals surface area (Å²) in [6.45, 7) is 17.3. The van der Waals surface area contributed by atoms with Gasteiger partial charge >= 0.3 is 0 Å². The Bertz CT molecular complexity index is 179. The molecule has 0 saturated heterocycles. The second-order valence-electron chi connectivity index (χ2n) is 6.27. The summed E-state index contributed by atoms with van der Waals surface area (Å²) in [5.41, 5.74) is 0. The molecule has 2 nitrogen and oxygen atoms in total. The maximum Gasteiger partial charge on any atom is 0.108 e. The lowest BCUT2D eigenvalue weighted by atomic mass is 10.2. The van der Waals surface area contributed by atoms with Crippen LogP contribution in [-0.4, -0.2) is 20.9 Å². The molecule has 0 aromatic carbocycles. The molecule has 0 aliphatic carbocycles. The van der Waals surface area contributed by atoms with Crippen molar-refractivity contribution in [2.75, 3.05) is 0 Å². The molecule has 80 valence electrons. The molecule has 0 radical (unpaired) electrons. The van der Waals surface area contributed by atoms with Crippen molar-refractivity contribution in [2.45, 2.75) is 58.5 Å². The van der Waals surface area contributed by atoms with Gasteiger partial charge in [-0.15, -0.1) is 0 Å². The fraction of sp³-hybridized carbons (Fsp3) is 1.00. The van der Waals surface area contributed by atoms with Crippen LogP contribution in [0.4, 0.5) is 0 Å². The lowest BCUT2D eigenvalue weighted by Gasteiger charge is -2.56. The zero-order chi connectivity index (χ0) is 11.1. The molecule has 13 heavy (non-hydrogen) atoms. The van der Waals surface area contributed by atoms with Crippen molar-refractivity contribution < 1.29 is 0 Å². The first-order chi connectivity index (χ1) is 5.40. The average Bonchev–Trinajstić information content (AvgIpc) is 1.81. The normalized spacial score (nSPS) is 15.2. The summed E-state index contributed by atoms with van der Waals surface area (Å²) < 4.78 is 1.49. The predicted molar refractivity (Wildman–Crippen MR) is 65.7 cm³/mol. The van der Waals surface area contributed by atoms with E-state index in [4.69, 9.17) is 0 Å². The molecule has 0 aliphatic rings. The standard InChI is InChI=1S/C9H24NOSi2/c1-9(2,3)13(7,8)10(11)12(4,5)6/h1-8H3/q-1. The van der Waals surface area contributed by atoms with E-state index in [1.54, 1.807) is 0 Å². The van der Waals surface area contributed by atoms with Crippen LogP contribution in [0.25, 0.3) is 0 Å². The Balaban J connectivity index is 4.86. The predicted octanol–water partition coefficient (Wildman–Crippen LogP) is 3.63. The van der Waals surface area contributed by atoms with Crippen LogP contribution in [0.15, 0.2) is 0 Å². The smallest absolute Gasteiger partial charge is 0.108 e. The topological polar surface area (TPSA) is 26.3 Å². The molecule has 0 aromatic heterocycles. The summed E-state index contributed by atoms with van der Waals surface area (Å²) in [5.74, 6) is 0. The van der Waals surface area contributed by atoms with Crippen molar-refractivity contribution in [1.82, 2.24) is 4.39 Å². The van der Waals surface area contributed by atoms with E-state index in [0.29, 0.717) is 0 Å². The fourth-order valence-corrected chi connectivity index (χ4v) is 9.47. The van der Waals surface area contributed by atoms with E-state index in [9.17, 15) is 5.21 Å². The van der Waals surface area contributed by atoms with Gasteiger partial charge < -0.3 is 9.60 Å². The zero-order valence-corrected chi connectivity index (χ0v) is 12.4. The molecule has 0 unspecified atom stereocenters. The molecule has 0 bridgehead atoms. The van der Waals surface area contributed by atoms with Gasteiger partial charge in [-0.25, -0.2) is 0 Å². The summed E-state index contributed by atoms with van der Waals surface area (Å²) in [4.78, 5) is 0. The van der Waals surface area contributed by atoms with E-state index in [-0.39, 0.29) is 5.04 Å². The van der Waals surface area contributed by atoms with Crippen molar-refractivity contribution in [3.05, 3.63) is 5.21 Å². The maximum atomic E-state index is 12.2. The highest BCUT2D eigenvalue weighted by Gasteiger charge is 2.40. The Hall–Kier alpha value is 0.354. The SMILES string of the molecule is CC(C)(C)[Si](C)(C)N([O-])[Si](C)(C)C. The Morgan fingerprint density at radius 2 is 1.23 bits per heavy atom. The van der Waals surface area contributed by atoms with Gasteiger partial charge in [0.2, 0.25) is 0 Å². The first-order valence-electron chi connectivity index (χ1n) is 4.88. The van der Waals surface area contributed by atoms with Gasteiger partial charge in [0.05, 0.1) is 8.24 Å². The van der Waals surface area contributed by atoms with Gasteiger partial charge in [0, 0.05) is 0 Å². The second-order valence-corrected chi connectivity index (χ2v) is 16.5. The number of hydrogen-bond acceptors (Lipinski definition) is 2. The van der Waals surface area contributed by atoms with Crippen molar-refractivity contribution in [3.63, 3.8) is 0 Å². The van der Waals surface area contributed by atoms with Gasteiger partial charge in [0.25, 0.3) is 0 Å². The third-order valence-electron chi connectivity index (χ3n) is 2.95. The van der Waals surface area contributed by atoms with Crippen LogP contribution in [0.1, 0.15) is 20.8 Å². The summed E-state index contributed by atoms with van der Waals surface area (Å²) in [5, 5.41) is 12.3. The number of nitrogens with zero attached hydrogens (tertiary/aromatic N) is 1. The van der Waals surface area contributed by atoms with Crippen LogP contribution in [0.2, 0.25) is 37.8 Å². The van der Waals surface area contributed by atoms with Crippen molar-refractivity contribution in [3.8, 4) is 0 Å². The number of hydrogen-bond donors (Lipinski definition) is 0. The Labute approximate surface area is 85.1 Å². The van der Waals surface area contributed by atoms with Crippen LogP contribution >= 0.6 is 0 Å². The van der Waals surface area contributed by atoms with Gasteiger partial charge in [0.1, 0.15) is 8.24 Å². The monoisotopic (exact) mass is 218 g/mol. The van der Waals surface area contributed by atoms with E-state index < -0.39 is 16.5 Å². The summed E-state index contributed by atoms with van der Waals surface area (Å²) >= 11 is 0. The van der Waals surface area contributed by atoms with Crippen LogP contribution in [0, 0.1) is 5.21 Å². The first-order valence-corrected chi connectivity index (χ1v) is 11.3. The van der Waals surface area contributed by atoms with Gasteiger partial charge in [-0.3, -0.25) is 0 Å². The molecule has 0 rings (SSSR count). The summed E-state index contributed by atoms with van der Waals surface area (Å²) in [6, 6.07) is 0. The lowest BCUT2D eigenvalue weighted by Crippen LogP contribution is -2.61. The Morgan fingerprint density at radius 1 is 0.923 bits per heavy atom. The largest absolute Gasteiger partial charge is 0.798 e. The van der Waals surface area contributed by atoms with Crippen molar-refractivity contribution >= 4 is 16.5 Å². The zero-order valence-electron chi connectivity index (χ0n) is 10.4. The highest BCUT2D eigenvalue weighted by atomic mass is 28.4. The van der Waals surface area contributed by atoms with E-state index in [0.717, 1.165) is 0 Å². The van der Waals surface area contributed by atoms with Crippen LogP contribution in [0.5, 0.6) is 0 Å². The molecule has 0 fully saturated rings. The molecule has 0 saturated carbocycles. The van der Waals surface area contributed by atoms with E-state index >= 15 is 0 Å². The van der Waals surface area contributed by atoms with Gasteiger partial charge in [-0.2, -0.15) is 0 Å². The Morgan fingerprint density at radius 3 is 1.31 bits per heavy atom. The van der Waals surface area contributed by atoms with Gasteiger partial charge in [0.15, 0.2) is 0 Å². The van der Waals surface area contributed by atoms with Crippen molar-refractivity contribution in [2.24, 2.45) is 0 Å². The maximum absolute atomic E-state index is 12.2. The minimum absolute atomic E-state index is 0.162. The third kappa shape index (κ3) is 2.90. The molecule has 0 N–H and O–H groups in total. The molecule has 4 heteroatoms. The van der Waals surface area contributed by atoms with Gasteiger partial charge in [-0.05, 0) is 5.04 Å². The van der Waals surface area contributed by atoms with E-state index in [1.807, 2.05) is 0 Å². The van der Waals surface area contributed by atoms with Crippen molar-refractivity contribution in [1.29, 1.82) is 0 Å². The first kappa shape index (κ1) is 13.4. The molecular weight excluding hydrogens is 194 g/mol. The highest BCUT2D eigenvalue weighted by Crippen LogP contribution is 2.39. The quantitative estimate of drug-likeness (QED) is 0.523. The lowest BCUT2D eigenvalue weighted by molar-refractivity contribution is 0.647. The average molecular weight is 218 g/mol. The minimum Gasteiger partial charge on any atom is -0.798 e.